The first kappa shape index (κ1) is 17.8. The Hall–Kier alpha value is -2.99. The summed E-state index contributed by atoms with van der Waals surface area (Å²) >= 11 is 1.51. The minimum atomic E-state index is -0.679. The Kier molecular flexibility index (Phi) is 5.76. The fourth-order valence-electron chi connectivity index (χ4n) is 2.43. The predicted octanol–water partition coefficient (Wildman–Crippen LogP) is 3.92. The van der Waals surface area contributed by atoms with Crippen molar-refractivity contribution in [3.8, 4) is 11.1 Å². The molecule has 1 aromatic heterocycles. The molecule has 3 aromatic rings. The average Bonchev–Trinajstić information content (AvgIpc) is 3.21. The van der Waals surface area contributed by atoms with Gasteiger partial charge in [0.05, 0.1) is 18.2 Å². The zero-order valence-electron chi connectivity index (χ0n) is 14.2. The van der Waals surface area contributed by atoms with Gasteiger partial charge in [0.1, 0.15) is 0 Å². The van der Waals surface area contributed by atoms with E-state index in [1.165, 1.54) is 11.8 Å². The number of para-hydroxylation sites is 1. The summed E-state index contributed by atoms with van der Waals surface area (Å²) in [6.45, 7) is 0.280. The van der Waals surface area contributed by atoms with Gasteiger partial charge in [0.25, 0.3) is 0 Å². The van der Waals surface area contributed by atoms with Gasteiger partial charge >= 0.3 is 11.8 Å². The second-order valence-corrected chi connectivity index (χ2v) is 6.39. The number of thioether (sulfide) groups is 1. The van der Waals surface area contributed by atoms with Crippen LogP contribution >= 0.6 is 11.8 Å². The highest BCUT2D eigenvalue weighted by Crippen LogP contribution is 2.24. The molecule has 1 heterocycles. The summed E-state index contributed by atoms with van der Waals surface area (Å²) in [5.74, 6) is -1.35. The van der Waals surface area contributed by atoms with Gasteiger partial charge < -0.3 is 15.1 Å². The van der Waals surface area contributed by atoms with E-state index in [4.69, 9.17) is 4.42 Å². The quantitative estimate of drug-likeness (QED) is 0.530. The highest BCUT2D eigenvalue weighted by Gasteiger charge is 2.14. The summed E-state index contributed by atoms with van der Waals surface area (Å²) in [5.41, 5.74) is 3.56. The Labute approximate surface area is 155 Å². The molecule has 0 fully saturated rings. The smallest absolute Gasteiger partial charge is 0.313 e. The molecule has 2 amide bonds. The number of amides is 2. The van der Waals surface area contributed by atoms with Crippen LogP contribution in [-0.4, -0.2) is 18.1 Å². The van der Waals surface area contributed by atoms with Crippen molar-refractivity contribution in [2.24, 2.45) is 0 Å². The molecule has 2 N–H and O–H groups in total. The minimum absolute atomic E-state index is 0.280. The lowest BCUT2D eigenvalue weighted by atomic mass is 10.1. The molecular weight excluding hydrogens is 348 g/mol. The molecule has 132 valence electrons. The van der Waals surface area contributed by atoms with Gasteiger partial charge in [-0.1, -0.05) is 36.4 Å². The molecule has 0 saturated carbocycles. The topological polar surface area (TPSA) is 71.3 Å². The third-order valence-electron chi connectivity index (χ3n) is 3.82. The highest BCUT2D eigenvalue weighted by atomic mass is 32.2. The van der Waals surface area contributed by atoms with Crippen LogP contribution < -0.4 is 10.6 Å². The summed E-state index contributed by atoms with van der Waals surface area (Å²) in [5, 5.41) is 5.28. The van der Waals surface area contributed by atoms with Crippen molar-refractivity contribution in [3.05, 3.63) is 72.7 Å². The fourth-order valence-corrected chi connectivity index (χ4v) is 2.99. The number of nitrogens with one attached hydrogen (secondary N) is 2. The molecule has 0 atom stereocenters. The standard InChI is InChI=1S/C20H18N2O3S/c1-26-18-5-3-2-4-17(18)22-20(24)19(23)21-12-14-6-8-15(9-7-14)16-10-11-25-13-16/h2-11,13H,12H2,1H3,(H,21,23)(H,22,24). The molecule has 0 aliphatic heterocycles. The van der Waals surface area contributed by atoms with E-state index in [0.29, 0.717) is 5.69 Å². The summed E-state index contributed by atoms with van der Waals surface area (Å²) in [6, 6.07) is 16.9. The Morgan fingerprint density at radius 3 is 2.42 bits per heavy atom. The zero-order valence-corrected chi connectivity index (χ0v) is 15.0. The second-order valence-electron chi connectivity index (χ2n) is 5.55. The Morgan fingerprint density at radius 2 is 1.73 bits per heavy atom. The second kappa shape index (κ2) is 8.40. The van der Waals surface area contributed by atoms with Crippen molar-refractivity contribution in [2.45, 2.75) is 11.4 Å². The third-order valence-corrected chi connectivity index (χ3v) is 4.62. The minimum Gasteiger partial charge on any atom is -0.472 e. The van der Waals surface area contributed by atoms with Crippen molar-refractivity contribution in [1.29, 1.82) is 0 Å². The number of hydrogen-bond donors (Lipinski definition) is 2. The monoisotopic (exact) mass is 366 g/mol. The van der Waals surface area contributed by atoms with Crippen LogP contribution in [-0.2, 0) is 16.1 Å². The molecule has 0 unspecified atom stereocenters. The van der Waals surface area contributed by atoms with E-state index in [1.54, 1.807) is 18.6 Å². The first-order valence-electron chi connectivity index (χ1n) is 8.01. The lowest BCUT2D eigenvalue weighted by molar-refractivity contribution is -0.136. The summed E-state index contributed by atoms with van der Waals surface area (Å²) in [6.07, 6.45) is 5.21. The van der Waals surface area contributed by atoms with Crippen LogP contribution in [0.3, 0.4) is 0 Å². The van der Waals surface area contributed by atoms with Crippen LogP contribution in [0.5, 0.6) is 0 Å². The van der Waals surface area contributed by atoms with Crippen LogP contribution in [0.2, 0.25) is 0 Å². The average molecular weight is 366 g/mol. The van der Waals surface area contributed by atoms with Gasteiger partial charge in [-0.15, -0.1) is 11.8 Å². The molecule has 0 saturated heterocycles. The van der Waals surface area contributed by atoms with E-state index in [9.17, 15) is 9.59 Å². The molecule has 5 nitrogen and oxygen atoms in total. The van der Waals surface area contributed by atoms with Crippen molar-refractivity contribution in [1.82, 2.24) is 5.32 Å². The Morgan fingerprint density at radius 1 is 0.962 bits per heavy atom. The molecule has 0 spiro atoms. The van der Waals surface area contributed by atoms with E-state index >= 15 is 0 Å². The number of hydrogen-bond acceptors (Lipinski definition) is 4. The zero-order chi connectivity index (χ0) is 18.4. The van der Waals surface area contributed by atoms with Crippen LogP contribution in [0.15, 0.2) is 76.4 Å². The number of furan rings is 1. The van der Waals surface area contributed by atoms with Crippen LogP contribution in [0, 0.1) is 0 Å². The SMILES string of the molecule is CSc1ccccc1NC(=O)C(=O)NCc1ccc(-c2ccoc2)cc1. The van der Waals surface area contributed by atoms with Crippen molar-refractivity contribution >= 4 is 29.3 Å². The normalized spacial score (nSPS) is 10.3. The first-order valence-corrected chi connectivity index (χ1v) is 9.23. The Bertz CT molecular complexity index is 890. The lowest BCUT2D eigenvalue weighted by Gasteiger charge is -2.09. The van der Waals surface area contributed by atoms with Crippen LogP contribution in [0.1, 0.15) is 5.56 Å². The number of anilines is 1. The summed E-state index contributed by atoms with van der Waals surface area (Å²) in [7, 11) is 0. The van der Waals surface area contributed by atoms with E-state index in [1.807, 2.05) is 54.8 Å². The van der Waals surface area contributed by atoms with Crippen molar-refractivity contribution < 1.29 is 14.0 Å². The molecular formula is C20H18N2O3S. The maximum absolute atomic E-state index is 12.1. The van der Waals surface area contributed by atoms with E-state index in [-0.39, 0.29) is 6.54 Å². The molecule has 6 heteroatoms. The van der Waals surface area contributed by atoms with Crippen LogP contribution in [0.4, 0.5) is 5.69 Å². The lowest BCUT2D eigenvalue weighted by Crippen LogP contribution is -2.35. The third kappa shape index (κ3) is 4.34. The first-order chi connectivity index (χ1) is 12.7. The molecule has 0 aliphatic carbocycles. The number of rotatable bonds is 5. The fraction of sp³-hybridized carbons (Fsp3) is 0.100. The van der Waals surface area contributed by atoms with Gasteiger partial charge in [0.15, 0.2) is 0 Å². The van der Waals surface area contributed by atoms with Gasteiger partial charge in [-0.3, -0.25) is 9.59 Å². The molecule has 3 rings (SSSR count). The molecule has 0 radical (unpaired) electrons. The number of carbonyl (C=O) groups is 2. The Balaban J connectivity index is 1.55. The van der Waals surface area contributed by atoms with Gasteiger partial charge in [0.2, 0.25) is 0 Å². The van der Waals surface area contributed by atoms with Gasteiger partial charge in [-0.2, -0.15) is 0 Å². The van der Waals surface area contributed by atoms with Gasteiger partial charge in [0, 0.05) is 17.0 Å². The molecule has 26 heavy (non-hydrogen) atoms. The largest absolute Gasteiger partial charge is 0.472 e. The maximum atomic E-state index is 12.1. The van der Waals surface area contributed by atoms with E-state index in [0.717, 1.165) is 21.6 Å². The molecule has 0 aliphatic rings. The van der Waals surface area contributed by atoms with Crippen molar-refractivity contribution in [3.63, 3.8) is 0 Å². The van der Waals surface area contributed by atoms with E-state index in [2.05, 4.69) is 10.6 Å². The van der Waals surface area contributed by atoms with Crippen molar-refractivity contribution in [2.75, 3.05) is 11.6 Å². The molecule has 0 bridgehead atoms. The van der Waals surface area contributed by atoms with Crippen LogP contribution in [0.25, 0.3) is 11.1 Å². The van der Waals surface area contributed by atoms with Gasteiger partial charge in [-0.05, 0) is 35.6 Å². The molecule has 2 aromatic carbocycles. The van der Waals surface area contributed by atoms with Gasteiger partial charge in [-0.25, -0.2) is 0 Å². The highest BCUT2D eigenvalue weighted by molar-refractivity contribution is 7.98. The summed E-state index contributed by atoms with van der Waals surface area (Å²) < 4.78 is 5.07. The maximum Gasteiger partial charge on any atom is 0.313 e. The predicted molar refractivity (Wildman–Crippen MR) is 103 cm³/mol. The number of carbonyl (C=O) groups excluding carboxylic acids is 2. The summed E-state index contributed by atoms with van der Waals surface area (Å²) in [4.78, 5) is 25.0. The van der Waals surface area contributed by atoms with E-state index < -0.39 is 11.8 Å². The number of benzene rings is 2.